The van der Waals surface area contributed by atoms with E-state index in [0.29, 0.717) is 48.7 Å². The largest absolute Gasteiger partial charge is 0.339 e. The van der Waals surface area contributed by atoms with E-state index < -0.39 is 10.0 Å². The Morgan fingerprint density at radius 2 is 1.96 bits per heavy atom. The van der Waals surface area contributed by atoms with E-state index in [0.717, 1.165) is 12.0 Å². The number of halogens is 1. The fourth-order valence-corrected chi connectivity index (χ4v) is 5.13. The maximum absolute atomic E-state index is 13.1. The van der Waals surface area contributed by atoms with Gasteiger partial charge in [-0.25, -0.2) is 8.42 Å². The van der Waals surface area contributed by atoms with Gasteiger partial charge in [0.25, 0.3) is 5.91 Å². The number of rotatable bonds is 6. The zero-order valence-electron chi connectivity index (χ0n) is 15.8. The Bertz CT molecular complexity index is 935. The van der Waals surface area contributed by atoms with E-state index in [2.05, 4.69) is 4.98 Å². The first-order chi connectivity index (χ1) is 13.4. The van der Waals surface area contributed by atoms with Crippen LogP contribution in [0.25, 0.3) is 0 Å². The van der Waals surface area contributed by atoms with Crippen molar-refractivity contribution in [3.63, 3.8) is 0 Å². The third-order valence-electron chi connectivity index (χ3n) is 4.91. The van der Waals surface area contributed by atoms with Crippen molar-refractivity contribution in [2.75, 3.05) is 29.7 Å². The SMILES string of the molecule is CCN(CCc1ccncc1)C(=O)c1cc(N2CCCCS2(=O)=O)ccc1Cl. The van der Waals surface area contributed by atoms with Gasteiger partial charge in [0.05, 0.1) is 22.0 Å². The number of carbonyl (C=O) groups is 1. The molecular formula is C20H24ClN3O3S. The van der Waals surface area contributed by atoms with Crippen molar-refractivity contribution in [3.8, 4) is 0 Å². The van der Waals surface area contributed by atoms with Gasteiger partial charge in [-0.3, -0.25) is 14.1 Å². The average Bonchev–Trinajstić information content (AvgIpc) is 2.69. The summed E-state index contributed by atoms with van der Waals surface area (Å²) in [5.41, 5.74) is 1.93. The van der Waals surface area contributed by atoms with Crippen LogP contribution in [0.3, 0.4) is 0 Å². The summed E-state index contributed by atoms with van der Waals surface area (Å²) in [6, 6.07) is 8.71. The first kappa shape index (κ1) is 20.6. The van der Waals surface area contributed by atoms with Gasteiger partial charge in [-0.15, -0.1) is 0 Å². The second kappa shape index (κ2) is 8.92. The fraction of sp³-hybridized carbons (Fsp3) is 0.400. The molecule has 1 aromatic carbocycles. The molecule has 1 aromatic heterocycles. The molecule has 6 nitrogen and oxygen atoms in total. The van der Waals surface area contributed by atoms with Crippen LogP contribution < -0.4 is 4.31 Å². The summed E-state index contributed by atoms with van der Waals surface area (Å²) in [5.74, 6) is -0.0656. The van der Waals surface area contributed by atoms with Crippen LogP contribution in [0, 0.1) is 0 Å². The van der Waals surface area contributed by atoms with Crippen LogP contribution >= 0.6 is 11.6 Å². The molecule has 0 unspecified atom stereocenters. The van der Waals surface area contributed by atoms with E-state index in [1.165, 1.54) is 4.31 Å². The molecule has 0 saturated carbocycles. The van der Waals surface area contributed by atoms with Crippen molar-refractivity contribution in [1.29, 1.82) is 0 Å². The first-order valence-corrected chi connectivity index (χ1v) is 11.4. The Hall–Kier alpha value is -2.12. The molecule has 1 aliphatic heterocycles. The van der Waals surface area contributed by atoms with Gasteiger partial charge in [-0.05, 0) is 62.1 Å². The van der Waals surface area contributed by atoms with E-state index in [1.807, 2.05) is 19.1 Å². The Kier molecular flexibility index (Phi) is 6.57. The summed E-state index contributed by atoms with van der Waals surface area (Å²) in [6.45, 7) is 3.42. The highest BCUT2D eigenvalue weighted by Crippen LogP contribution is 2.28. The Morgan fingerprint density at radius 1 is 1.21 bits per heavy atom. The molecule has 0 radical (unpaired) electrons. The monoisotopic (exact) mass is 421 g/mol. The van der Waals surface area contributed by atoms with Crippen molar-refractivity contribution in [1.82, 2.24) is 9.88 Å². The lowest BCUT2D eigenvalue weighted by atomic mass is 10.1. The van der Waals surface area contributed by atoms with Crippen molar-refractivity contribution >= 4 is 33.2 Å². The standard InChI is InChI=1S/C20H24ClN3O3S/c1-2-23(13-9-16-7-10-22-11-8-16)20(25)18-15-17(5-6-19(18)21)24-12-3-4-14-28(24,26)27/h5-8,10-11,15H,2-4,9,12-14H2,1H3. The van der Waals surface area contributed by atoms with Crippen LogP contribution in [0.2, 0.25) is 5.02 Å². The van der Waals surface area contributed by atoms with Crippen molar-refractivity contribution < 1.29 is 13.2 Å². The summed E-state index contributed by atoms with van der Waals surface area (Å²) in [4.78, 5) is 18.8. The number of benzene rings is 1. The lowest BCUT2D eigenvalue weighted by Gasteiger charge is -2.29. The van der Waals surface area contributed by atoms with Gasteiger partial charge in [-0.1, -0.05) is 11.6 Å². The smallest absolute Gasteiger partial charge is 0.255 e. The van der Waals surface area contributed by atoms with Crippen LogP contribution in [0.4, 0.5) is 5.69 Å². The zero-order valence-corrected chi connectivity index (χ0v) is 17.4. The van der Waals surface area contributed by atoms with Crippen LogP contribution in [0.5, 0.6) is 0 Å². The molecule has 1 amide bonds. The molecule has 1 fully saturated rings. The molecule has 0 bridgehead atoms. The van der Waals surface area contributed by atoms with Gasteiger partial charge >= 0.3 is 0 Å². The van der Waals surface area contributed by atoms with Gasteiger partial charge in [0, 0.05) is 32.0 Å². The molecule has 0 N–H and O–H groups in total. The normalized spacial score (nSPS) is 16.0. The third-order valence-corrected chi connectivity index (χ3v) is 7.11. The molecule has 150 valence electrons. The van der Waals surface area contributed by atoms with Gasteiger partial charge < -0.3 is 4.90 Å². The number of hydrogen-bond acceptors (Lipinski definition) is 4. The number of sulfonamides is 1. The van der Waals surface area contributed by atoms with Gasteiger partial charge in [-0.2, -0.15) is 0 Å². The second-order valence-electron chi connectivity index (χ2n) is 6.75. The third kappa shape index (κ3) is 4.64. The summed E-state index contributed by atoms with van der Waals surface area (Å²) in [6.07, 6.45) is 5.63. The number of likely N-dealkylation sites (N-methyl/N-ethyl adjacent to an activating group) is 1. The molecular weight excluding hydrogens is 398 g/mol. The molecule has 3 rings (SSSR count). The van der Waals surface area contributed by atoms with E-state index >= 15 is 0 Å². The number of hydrogen-bond donors (Lipinski definition) is 0. The summed E-state index contributed by atoms with van der Waals surface area (Å²) in [5, 5.41) is 0.325. The number of nitrogens with zero attached hydrogens (tertiary/aromatic N) is 3. The maximum atomic E-state index is 13.1. The van der Waals surface area contributed by atoms with Gasteiger partial charge in [0.1, 0.15) is 0 Å². The fourth-order valence-electron chi connectivity index (χ4n) is 3.30. The number of anilines is 1. The quantitative estimate of drug-likeness (QED) is 0.716. The minimum atomic E-state index is -3.34. The minimum Gasteiger partial charge on any atom is -0.339 e. The van der Waals surface area contributed by atoms with Crippen LogP contribution in [0.1, 0.15) is 35.7 Å². The molecule has 8 heteroatoms. The highest BCUT2D eigenvalue weighted by molar-refractivity contribution is 7.92. The number of amides is 1. The predicted molar refractivity (Wildman–Crippen MR) is 111 cm³/mol. The van der Waals surface area contributed by atoms with Crippen LogP contribution in [-0.2, 0) is 16.4 Å². The lowest BCUT2D eigenvalue weighted by molar-refractivity contribution is 0.0766. The molecule has 28 heavy (non-hydrogen) atoms. The zero-order chi connectivity index (χ0) is 20.1. The summed E-state index contributed by atoms with van der Waals surface area (Å²) >= 11 is 6.30. The maximum Gasteiger partial charge on any atom is 0.255 e. The van der Waals surface area contributed by atoms with Crippen molar-refractivity contribution in [3.05, 3.63) is 58.9 Å². The molecule has 0 spiro atoms. The summed E-state index contributed by atoms with van der Waals surface area (Å²) < 4.78 is 26.2. The molecule has 1 aliphatic rings. The van der Waals surface area contributed by atoms with Gasteiger partial charge in [0.2, 0.25) is 10.0 Å². The van der Waals surface area contributed by atoms with E-state index in [9.17, 15) is 13.2 Å². The van der Waals surface area contributed by atoms with E-state index in [1.54, 1.807) is 35.5 Å². The lowest BCUT2D eigenvalue weighted by Crippen LogP contribution is -2.38. The van der Waals surface area contributed by atoms with Crippen molar-refractivity contribution in [2.45, 2.75) is 26.2 Å². The highest BCUT2D eigenvalue weighted by Gasteiger charge is 2.27. The predicted octanol–water partition coefficient (Wildman–Crippen LogP) is 3.37. The van der Waals surface area contributed by atoms with E-state index in [-0.39, 0.29) is 11.7 Å². The topological polar surface area (TPSA) is 70.6 Å². The van der Waals surface area contributed by atoms with Crippen molar-refractivity contribution in [2.24, 2.45) is 0 Å². The van der Waals surface area contributed by atoms with E-state index in [4.69, 9.17) is 11.6 Å². The molecule has 0 atom stereocenters. The second-order valence-corrected chi connectivity index (χ2v) is 9.17. The first-order valence-electron chi connectivity index (χ1n) is 9.40. The number of pyridine rings is 1. The highest BCUT2D eigenvalue weighted by atomic mass is 35.5. The Labute approximate surface area is 171 Å². The molecule has 0 aliphatic carbocycles. The average molecular weight is 422 g/mol. The van der Waals surface area contributed by atoms with Crippen LogP contribution in [-0.4, -0.2) is 49.6 Å². The van der Waals surface area contributed by atoms with Crippen LogP contribution in [0.15, 0.2) is 42.7 Å². The Balaban J connectivity index is 1.81. The summed E-state index contributed by atoms with van der Waals surface area (Å²) in [7, 11) is -3.34. The molecule has 2 aromatic rings. The number of carbonyl (C=O) groups excluding carboxylic acids is 1. The molecule has 1 saturated heterocycles. The Morgan fingerprint density at radius 3 is 2.64 bits per heavy atom. The molecule has 2 heterocycles. The van der Waals surface area contributed by atoms with Gasteiger partial charge in [0.15, 0.2) is 0 Å². The minimum absolute atomic E-state index is 0.131. The number of aromatic nitrogens is 1.